The molecule has 3 radical (unpaired) electrons. The van der Waals surface area contributed by atoms with Crippen molar-refractivity contribution in [2.75, 3.05) is 21.3 Å². The number of H-pyrrole nitrogens is 1. The number of aromatic amines is 1. The van der Waals surface area contributed by atoms with Crippen LogP contribution < -0.4 is 0 Å². The van der Waals surface area contributed by atoms with Crippen LogP contribution in [0.1, 0.15) is 18.1 Å². The average molecular weight is 310 g/mol. The third-order valence-corrected chi connectivity index (χ3v) is 4.32. The van der Waals surface area contributed by atoms with Crippen molar-refractivity contribution in [1.82, 2.24) is 15.4 Å². The molecule has 20 heavy (non-hydrogen) atoms. The van der Waals surface area contributed by atoms with E-state index in [2.05, 4.69) is 38.3 Å². The number of hydrogen-bond donors (Lipinski definition) is 2. The molecule has 0 aliphatic rings. The topological polar surface area (TPSA) is 69.3 Å². The van der Waals surface area contributed by atoms with Crippen LogP contribution in [0, 0.1) is 0 Å². The van der Waals surface area contributed by atoms with Gasteiger partial charge in [0.05, 0.1) is 6.10 Å². The van der Waals surface area contributed by atoms with E-state index in [9.17, 15) is 0 Å². The van der Waals surface area contributed by atoms with Gasteiger partial charge in [0.15, 0.2) is 0 Å². The third-order valence-electron chi connectivity index (χ3n) is 3.24. The second kappa shape index (κ2) is 6.23. The molecule has 1 unspecified atom stereocenters. The lowest BCUT2D eigenvalue weighted by atomic mass is 10.0. The fraction of sp³-hybridized carbons (Fsp3) is 0.500. The Morgan fingerprint density at radius 1 is 1.30 bits per heavy atom. The van der Waals surface area contributed by atoms with Gasteiger partial charge in [-0.15, -0.1) is 12.6 Å². The molecule has 0 bridgehead atoms. The zero-order valence-corrected chi connectivity index (χ0v) is 13.4. The summed E-state index contributed by atoms with van der Waals surface area (Å²) in [6.45, 7) is 0. The predicted molar refractivity (Wildman–Crippen MR) is 78.0 cm³/mol. The van der Waals surface area contributed by atoms with Gasteiger partial charge < -0.3 is 14.2 Å². The van der Waals surface area contributed by atoms with E-state index in [1.54, 1.807) is 21.3 Å². The molecule has 1 aromatic carbocycles. The molecule has 2 aromatic rings. The maximum absolute atomic E-state index is 5.54. The number of methoxy groups -OCH3 is 3. The van der Waals surface area contributed by atoms with Gasteiger partial charge in [-0.05, 0) is 11.6 Å². The summed E-state index contributed by atoms with van der Waals surface area (Å²) < 4.78 is 16.2. The molecule has 0 spiro atoms. The fourth-order valence-corrected chi connectivity index (χ4v) is 2.56. The normalized spacial score (nSPS) is 13.8. The first-order valence-corrected chi connectivity index (χ1v) is 6.90. The van der Waals surface area contributed by atoms with Gasteiger partial charge in [-0.25, -0.2) is 0 Å². The van der Waals surface area contributed by atoms with Gasteiger partial charge in [-0.2, -0.15) is 15.4 Å². The van der Waals surface area contributed by atoms with E-state index in [0.29, 0.717) is 11.9 Å². The molecule has 0 amide bonds. The van der Waals surface area contributed by atoms with Crippen molar-refractivity contribution in [3.63, 3.8) is 0 Å². The highest BCUT2D eigenvalue weighted by atomic mass is 32.1. The highest BCUT2D eigenvalue weighted by molar-refractivity contribution is 7.80. The van der Waals surface area contributed by atoms with Crippen molar-refractivity contribution >= 4 is 33.9 Å². The van der Waals surface area contributed by atoms with Gasteiger partial charge in [-0.1, -0.05) is 6.07 Å². The number of fused-ring (bicyclic) bond motifs is 1. The summed E-state index contributed by atoms with van der Waals surface area (Å²) in [4.78, 5) is 0.726. The quantitative estimate of drug-likeness (QED) is 0.480. The molecule has 0 fully saturated rings. The standard InChI is InChI=1S/C12H16N3O3SSi/c1-16-9(6-12(20,17-2)18-3)7-4-5-8-10(11(7)19)14-15-13-8/h4-5,9,19H,6H2,1-3H3,(H,13,14,15). The fourth-order valence-electron chi connectivity index (χ4n) is 1.99. The van der Waals surface area contributed by atoms with Gasteiger partial charge in [0.25, 0.3) is 0 Å². The highest BCUT2D eigenvalue weighted by Crippen LogP contribution is 2.34. The number of hydrogen-bond acceptors (Lipinski definition) is 6. The van der Waals surface area contributed by atoms with E-state index in [4.69, 9.17) is 14.2 Å². The van der Waals surface area contributed by atoms with Gasteiger partial charge in [0.2, 0.25) is 0 Å². The molecule has 1 atom stereocenters. The number of nitrogens with zero attached hydrogens (tertiary/aromatic N) is 2. The Labute approximate surface area is 126 Å². The predicted octanol–water partition coefficient (Wildman–Crippen LogP) is 1.44. The number of benzene rings is 1. The smallest absolute Gasteiger partial charge is 0.146 e. The van der Waals surface area contributed by atoms with Crippen molar-refractivity contribution in [3.05, 3.63) is 17.7 Å². The summed E-state index contributed by atoms with van der Waals surface area (Å²) in [6, 6.07) is 3.79. The molecule has 0 aliphatic carbocycles. The van der Waals surface area contributed by atoms with Crippen molar-refractivity contribution in [2.24, 2.45) is 0 Å². The molecular formula is C12H16N3O3SSi. The van der Waals surface area contributed by atoms with Crippen molar-refractivity contribution in [1.29, 1.82) is 0 Å². The summed E-state index contributed by atoms with van der Waals surface area (Å²) in [7, 11) is 8.21. The maximum atomic E-state index is 5.54. The lowest BCUT2D eigenvalue weighted by Gasteiger charge is -2.30. The van der Waals surface area contributed by atoms with E-state index in [1.807, 2.05) is 12.1 Å². The minimum Gasteiger partial charge on any atom is -0.377 e. The van der Waals surface area contributed by atoms with Crippen LogP contribution in [-0.2, 0) is 14.2 Å². The molecule has 1 heterocycles. The first kappa shape index (κ1) is 15.5. The van der Waals surface area contributed by atoms with Crippen molar-refractivity contribution in [3.8, 4) is 0 Å². The molecule has 107 valence electrons. The molecule has 6 nitrogen and oxygen atoms in total. The van der Waals surface area contributed by atoms with E-state index < -0.39 is 5.41 Å². The molecule has 1 N–H and O–H groups in total. The lowest BCUT2D eigenvalue weighted by Crippen LogP contribution is -2.36. The minimum atomic E-state index is -0.917. The Bertz CT molecular complexity index is 588. The van der Waals surface area contributed by atoms with E-state index in [1.165, 1.54) is 0 Å². The Hall–Kier alpha value is -0.933. The van der Waals surface area contributed by atoms with Crippen molar-refractivity contribution < 1.29 is 14.2 Å². The van der Waals surface area contributed by atoms with Crippen LogP contribution in [0.4, 0.5) is 0 Å². The van der Waals surface area contributed by atoms with Crippen LogP contribution in [0.2, 0.25) is 0 Å². The van der Waals surface area contributed by atoms with Crippen LogP contribution in [0.25, 0.3) is 11.0 Å². The summed E-state index contributed by atoms with van der Waals surface area (Å²) in [5, 5.41) is 10.7. The van der Waals surface area contributed by atoms with Crippen LogP contribution in [0.3, 0.4) is 0 Å². The Kier molecular flexibility index (Phi) is 4.81. The second-order valence-electron chi connectivity index (χ2n) is 4.28. The summed E-state index contributed by atoms with van der Waals surface area (Å²) in [5.41, 5.74) is 1.45. The molecule has 0 aliphatic heterocycles. The van der Waals surface area contributed by atoms with E-state index >= 15 is 0 Å². The number of aromatic nitrogens is 3. The number of ether oxygens (including phenoxy) is 3. The summed E-state index contributed by atoms with van der Waals surface area (Å²) >= 11 is 4.53. The van der Waals surface area contributed by atoms with Gasteiger partial charge in [-0.3, -0.25) is 0 Å². The molecule has 8 heteroatoms. The maximum Gasteiger partial charge on any atom is 0.146 e. The first-order valence-electron chi connectivity index (χ1n) is 5.95. The Balaban J connectivity index is 2.36. The second-order valence-corrected chi connectivity index (χ2v) is 5.49. The van der Waals surface area contributed by atoms with Crippen LogP contribution in [-0.4, -0.2) is 52.4 Å². The summed E-state index contributed by atoms with van der Waals surface area (Å²) in [5.74, 6) is 0. The monoisotopic (exact) mass is 310 g/mol. The molecule has 0 saturated carbocycles. The minimum absolute atomic E-state index is 0.263. The molecule has 1 aromatic heterocycles. The molecule has 0 saturated heterocycles. The van der Waals surface area contributed by atoms with Crippen LogP contribution >= 0.6 is 12.6 Å². The number of thiol groups is 1. The molecular weight excluding hydrogens is 294 g/mol. The highest BCUT2D eigenvalue weighted by Gasteiger charge is 2.30. The zero-order valence-electron chi connectivity index (χ0n) is 11.5. The largest absolute Gasteiger partial charge is 0.377 e. The summed E-state index contributed by atoms with van der Waals surface area (Å²) in [6.07, 6.45) is 0.186. The Morgan fingerprint density at radius 3 is 2.60 bits per heavy atom. The average Bonchev–Trinajstić information content (AvgIpc) is 2.95. The first-order chi connectivity index (χ1) is 9.54. The molecule has 2 rings (SSSR count). The van der Waals surface area contributed by atoms with Gasteiger partial charge in [0.1, 0.15) is 26.7 Å². The van der Waals surface area contributed by atoms with Crippen molar-refractivity contribution in [2.45, 2.75) is 22.8 Å². The Morgan fingerprint density at radius 2 is 2.00 bits per heavy atom. The van der Waals surface area contributed by atoms with Crippen LogP contribution in [0.15, 0.2) is 17.0 Å². The SMILES string of the molecule is COC(CC([Si])(OC)OC)c1ccc2n[nH]nc2c1S. The number of nitrogens with one attached hydrogen (secondary N) is 1. The van der Waals surface area contributed by atoms with Crippen LogP contribution in [0.5, 0.6) is 0 Å². The number of rotatable bonds is 6. The zero-order chi connectivity index (χ0) is 14.8. The van der Waals surface area contributed by atoms with Gasteiger partial charge >= 0.3 is 0 Å². The third kappa shape index (κ3) is 2.89. The van der Waals surface area contributed by atoms with E-state index in [0.717, 1.165) is 16.0 Å². The van der Waals surface area contributed by atoms with Gasteiger partial charge in [0, 0.05) is 32.6 Å². The lowest BCUT2D eigenvalue weighted by molar-refractivity contribution is -0.164. The van der Waals surface area contributed by atoms with E-state index in [-0.39, 0.29) is 6.10 Å².